The lowest BCUT2D eigenvalue weighted by Gasteiger charge is -2.29. The summed E-state index contributed by atoms with van der Waals surface area (Å²) in [6.07, 6.45) is 1.12. The Morgan fingerprint density at radius 1 is 0.970 bits per heavy atom. The molecule has 0 aliphatic rings. The van der Waals surface area contributed by atoms with Crippen LogP contribution in [0.15, 0.2) is 71.6 Å². The van der Waals surface area contributed by atoms with Gasteiger partial charge in [0.15, 0.2) is 0 Å². The standard InChI is InChI=1S/C26H30N2O3S2/c1-18-13-19(2)15-23(14-18)28(33(5,30)31)21(4)26(29)27-25-12-11-22(16-20(25)3)17-32-24-9-7-6-8-10-24/h6-16,21H,17H2,1-5H3,(H,27,29)/t21-/m0/s1. The fourth-order valence-electron chi connectivity index (χ4n) is 3.76. The predicted octanol–water partition coefficient (Wildman–Crippen LogP) is 5.70. The Morgan fingerprint density at radius 2 is 1.61 bits per heavy atom. The van der Waals surface area contributed by atoms with Crippen LogP contribution in [0.1, 0.15) is 29.2 Å². The number of carbonyl (C=O) groups is 1. The van der Waals surface area contributed by atoms with Crippen molar-refractivity contribution in [3.63, 3.8) is 0 Å². The van der Waals surface area contributed by atoms with Crippen LogP contribution in [0.3, 0.4) is 0 Å². The third-order valence-electron chi connectivity index (χ3n) is 5.25. The SMILES string of the molecule is Cc1cc(C)cc(N([C@@H](C)C(=O)Nc2ccc(CSc3ccccc3)cc2C)S(C)(=O)=O)c1. The van der Waals surface area contributed by atoms with E-state index in [-0.39, 0.29) is 5.91 Å². The molecule has 0 unspecified atom stereocenters. The maximum Gasteiger partial charge on any atom is 0.248 e. The van der Waals surface area contributed by atoms with Crippen molar-refractivity contribution in [1.29, 1.82) is 0 Å². The lowest BCUT2D eigenvalue weighted by molar-refractivity contribution is -0.116. The number of anilines is 2. The summed E-state index contributed by atoms with van der Waals surface area (Å²) in [4.78, 5) is 14.3. The highest BCUT2D eigenvalue weighted by Crippen LogP contribution is 2.27. The molecule has 0 saturated heterocycles. The number of rotatable bonds is 8. The number of nitrogens with one attached hydrogen (secondary N) is 1. The predicted molar refractivity (Wildman–Crippen MR) is 139 cm³/mol. The molecule has 0 aromatic heterocycles. The second-order valence-corrected chi connectivity index (χ2v) is 11.2. The second-order valence-electron chi connectivity index (χ2n) is 8.32. The minimum absolute atomic E-state index is 0.380. The number of thioether (sulfide) groups is 1. The van der Waals surface area contributed by atoms with Crippen LogP contribution in [0, 0.1) is 20.8 Å². The second kappa shape index (κ2) is 10.4. The fraction of sp³-hybridized carbons (Fsp3) is 0.269. The molecule has 33 heavy (non-hydrogen) atoms. The van der Waals surface area contributed by atoms with E-state index in [2.05, 4.69) is 23.5 Å². The zero-order valence-corrected chi connectivity index (χ0v) is 21.3. The first-order valence-electron chi connectivity index (χ1n) is 10.7. The molecule has 1 atom stereocenters. The minimum Gasteiger partial charge on any atom is -0.324 e. The summed E-state index contributed by atoms with van der Waals surface area (Å²) < 4.78 is 26.4. The number of aryl methyl sites for hydroxylation is 3. The van der Waals surface area contributed by atoms with E-state index in [1.807, 2.05) is 57.2 Å². The van der Waals surface area contributed by atoms with Gasteiger partial charge in [-0.2, -0.15) is 0 Å². The van der Waals surface area contributed by atoms with Crippen molar-refractivity contribution in [3.8, 4) is 0 Å². The van der Waals surface area contributed by atoms with Gasteiger partial charge < -0.3 is 5.32 Å². The van der Waals surface area contributed by atoms with Crippen LogP contribution in [-0.2, 0) is 20.6 Å². The van der Waals surface area contributed by atoms with Gasteiger partial charge in [0.2, 0.25) is 15.9 Å². The molecule has 3 rings (SSSR count). The topological polar surface area (TPSA) is 66.5 Å². The first kappa shape index (κ1) is 24.9. The van der Waals surface area contributed by atoms with E-state index in [0.717, 1.165) is 34.3 Å². The molecule has 5 nitrogen and oxygen atoms in total. The molecule has 0 fully saturated rings. The Morgan fingerprint density at radius 3 is 2.18 bits per heavy atom. The first-order chi connectivity index (χ1) is 15.5. The van der Waals surface area contributed by atoms with Crippen LogP contribution < -0.4 is 9.62 Å². The highest BCUT2D eigenvalue weighted by molar-refractivity contribution is 7.98. The smallest absolute Gasteiger partial charge is 0.248 e. The summed E-state index contributed by atoms with van der Waals surface area (Å²) in [6, 6.07) is 20.7. The molecule has 3 aromatic rings. The minimum atomic E-state index is -3.67. The van der Waals surface area contributed by atoms with Crippen LogP contribution in [0.5, 0.6) is 0 Å². The van der Waals surface area contributed by atoms with Crippen molar-refractivity contribution < 1.29 is 13.2 Å². The Hall–Kier alpha value is -2.77. The van der Waals surface area contributed by atoms with Crippen LogP contribution in [0.25, 0.3) is 0 Å². The fourth-order valence-corrected chi connectivity index (χ4v) is 5.78. The lowest BCUT2D eigenvalue weighted by Crippen LogP contribution is -2.45. The van der Waals surface area contributed by atoms with E-state index in [0.29, 0.717) is 11.4 Å². The van der Waals surface area contributed by atoms with Gasteiger partial charge in [-0.1, -0.05) is 36.4 Å². The number of carbonyl (C=O) groups excluding carboxylic acids is 1. The molecule has 0 radical (unpaired) electrons. The van der Waals surface area contributed by atoms with Gasteiger partial charge in [0, 0.05) is 16.3 Å². The zero-order chi connectivity index (χ0) is 24.2. The largest absolute Gasteiger partial charge is 0.324 e. The summed E-state index contributed by atoms with van der Waals surface area (Å²) in [5, 5.41) is 2.91. The molecule has 0 bridgehead atoms. The van der Waals surface area contributed by atoms with Gasteiger partial charge in [-0.05, 0) is 80.3 Å². The first-order valence-corrected chi connectivity index (χ1v) is 13.5. The van der Waals surface area contributed by atoms with Gasteiger partial charge in [-0.15, -0.1) is 11.8 Å². The van der Waals surface area contributed by atoms with Crippen molar-refractivity contribution in [2.45, 2.75) is 44.4 Å². The third kappa shape index (κ3) is 6.62. The molecule has 3 aromatic carbocycles. The monoisotopic (exact) mass is 482 g/mol. The van der Waals surface area contributed by atoms with Gasteiger partial charge in [0.25, 0.3) is 0 Å². The van der Waals surface area contributed by atoms with E-state index >= 15 is 0 Å². The molecule has 7 heteroatoms. The molecule has 0 aliphatic carbocycles. The van der Waals surface area contributed by atoms with Crippen molar-refractivity contribution in [1.82, 2.24) is 0 Å². The van der Waals surface area contributed by atoms with Gasteiger partial charge in [0.05, 0.1) is 11.9 Å². The summed E-state index contributed by atoms with van der Waals surface area (Å²) in [6.45, 7) is 7.36. The molecule has 0 heterocycles. The van der Waals surface area contributed by atoms with Gasteiger partial charge >= 0.3 is 0 Å². The van der Waals surface area contributed by atoms with Gasteiger partial charge in [0.1, 0.15) is 6.04 Å². The van der Waals surface area contributed by atoms with E-state index in [1.165, 1.54) is 9.20 Å². The molecular formula is C26H30N2O3S2. The van der Waals surface area contributed by atoms with Gasteiger partial charge in [-0.3, -0.25) is 9.10 Å². The average Bonchev–Trinajstić information content (AvgIpc) is 2.73. The number of nitrogens with zero attached hydrogens (tertiary/aromatic N) is 1. The Bertz CT molecular complexity index is 1220. The highest BCUT2D eigenvalue weighted by atomic mass is 32.2. The molecule has 174 valence electrons. The number of hydrogen-bond donors (Lipinski definition) is 1. The quantitative estimate of drug-likeness (QED) is 0.419. The van der Waals surface area contributed by atoms with Crippen molar-refractivity contribution in [2.24, 2.45) is 0 Å². The maximum atomic E-state index is 13.1. The summed E-state index contributed by atoms with van der Waals surface area (Å²) in [7, 11) is -3.67. The van der Waals surface area contributed by atoms with E-state index in [9.17, 15) is 13.2 Å². The molecule has 0 saturated carbocycles. The van der Waals surface area contributed by atoms with E-state index in [4.69, 9.17) is 0 Å². The molecule has 0 aliphatic heterocycles. The van der Waals surface area contributed by atoms with Gasteiger partial charge in [-0.25, -0.2) is 8.42 Å². The van der Waals surface area contributed by atoms with Crippen molar-refractivity contribution >= 4 is 39.1 Å². The number of amides is 1. The van der Waals surface area contributed by atoms with Crippen LogP contribution in [0.4, 0.5) is 11.4 Å². The van der Waals surface area contributed by atoms with Crippen LogP contribution >= 0.6 is 11.8 Å². The van der Waals surface area contributed by atoms with Crippen LogP contribution in [-0.4, -0.2) is 26.6 Å². The lowest BCUT2D eigenvalue weighted by atomic mass is 10.1. The molecule has 0 spiro atoms. The van der Waals surface area contributed by atoms with E-state index in [1.54, 1.807) is 30.8 Å². The number of benzene rings is 3. The maximum absolute atomic E-state index is 13.1. The molecule has 1 amide bonds. The third-order valence-corrected chi connectivity index (χ3v) is 7.57. The molecule has 1 N–H and O–H groups in total. The number of sulfonamides is 1. The molecular weight excluding hydrogens is 452 g/mol. The summed E-state index contributed by atoms with van der Waals surface area (Å²) in [5.41, 5.74) is 5.12. The average molecular weight is 483 g/mol. The van der Waals surface area contributed by atoms with E-state index < -0.39 is 16.1 Å². The zero-order valence-electron chi connectivity index (χ0n) is 19.6. The Kier molecular flexibility index (Phi) is 7.87. The Labute approximate surface area is 201 Å². The van der Waals surface area contributed by atoms with Crippen molar-refractivity contribution in [3.05, 3.63) is 89.0 Å². The summed E-state index contributed by atoms with van der Waals surface area (Å²) >= 11 is 1.75. The normalized spacial score (nSPS) is 12.3. The summed E-state index contributed by atoms with van der Waals surface area (Å²) in [5.74, 6) is 0.443. The number of hydrogen-bond acceptors (Lipinski definition) is 4. The highest BCUT2D eigenvalue weighted by Gasteiger charge is 2.29. The van der Waals surface area contributed by atoms with Crippen LogP contribution in [0.2, 0.25) is 0 Å². The van der Waals surface area contributed by atoms with Crippen molar-refractivity contribution in [2.75, 3.05) is 15.9 Å². The Balaban J connectivity index is 1.76.